The average molecular weight is 318 g/mol. The lowest BCUT2D eigenvalue weighted by molar-refractivity contribution is 0.0759. The smallest absolute Gasteiger partial charge is 0.255 e. The minimum absolute atomic E-state index is 0.0517. The molecule has 0 saturated carbocycles. The van der Waals surface area contributed by atoms with Gasteiger partial charge in [0, 0.05) is 22.9 Å². The molecule has 21 heavy (non-hydrogen) atoms. The molecule has 2 nitrogen and oxygen atoms in total. The number of carbonyl (C=O) groups is 1. The van der Waals surface area contributed by atoms with Gasteiger partial charge in [0.1, 0.15) is 5.37 Å². The van der Waals surface area contributed by atoms with E-state index >= 15 is 0 Å². The maximum atomic E-state index is 12.8. The van der Waals surface area contributed by atoms with E-state index in [1.54, 1.807) is 11.8 Å². The number of carbonyl (C=O) groups excluding carboxylic acids is 1. The zero-order valence-corrected chi connectivity index (χ0v) is 13.3. The number of benzene rings is 2. The Labute approximate surface area is 134 Å². The minimum atomic E-state index is 0.0517. The van der Waals surface area contributed by atoms with Crippen LogP contribution in [0.15, 0.2) is 48.5 Å². The van der Waals surface area contributed by atoms with E-state index in [9.17, 15) is 4.79 Å². The van der Waals surface area contributed by atoms with Crippen molar-refractivity contribution in [1.29, 1.82) is 0 Å². The van der Waals surface area contributed by atoms with E-state index in [1.165, 1.54) is 0 Å². The molecule has 1 atom stereocenters. The summed E-state index contributed by atoms with van der Waals surface area (Å²) in [5.74, 6) is 1.05. The lowest BCUT2D eigenvalue weighted by Crippen LogP contribution is -2.30. The van der Waals surface area contributed by atoms with Gasteiger partial charge in [-0.05, 0) is 36.2 Å². The fourth-order valence-electron chi connectivity index (χ4n) is 2.58. The molecule has 0 N–H and O–H groups in total. The predicted octanol–water partition coefficient (Wildman–Crippen LogP) is 4.54. The number of hydrogen-bond donors (Lipinski definition) is 0. The molecule has 1 fully saturated rings. The van der Waals surface area contributed by atoms with Gasteiger partial charge < -0.3 is 4.90 Å². The molecule has 0 radical (unpaired) electrons. The highest BCUT2D eigenvalue weighted by atomic mass is 35.5. The van der Waals surface area contributed by atoms with Crippen LogP contribution in [0.1, 0.15) is 26.9 Å². The van der Waals surface area contributed by atoms with Crippen molar-refractivity contribution in [1.82, 2.24) is 4.90 Å². The van der Waals surface area contributed by atoms with Crippen LogP contribution in [0.4, 0.5) is 0 Å². The van der Waals surface area contributed by atoms with Gasteiger partial charge in [-0.2, -0.15) is 0 Å². The molecular weight excluding hydrogens is 302 g/mol. The fourth-order valence-corrected chi connectivity index (χ4v) is 4.03. The van der Waals surface area contributed by atoms with Gasteiger partial charge in [-0.25, -0.2) is 0 Å². The summed E-state index contributed by atoms with van der Waals surface area (Å²) in [6.07, 6.45) is 0. The molecular formula is C17H16ClNOS. The van der Waals surface area contributed by atoms with Gasteiger partial charge in [0.15, 0.2) is 0 Å². The van der Waals surface area contributed by atoms with Crippen molar-refractivity contribution in [2.24, 2.45) is 0 Å². The summed E-state index contributed by atoms with van der Waals surface area (Å²) in [5, 5.41) is 0.763. The third kappa shape index (κ3) is 2.94. The average Bonchev–Trinajstić information content (AvgIpc) is 2.96. The molecule has 0 unspecified atom stereocenters. The van der Waals surface area contributed by atoms with Gasteiger partial charge in [0.25, 0.3) is 5.91 Å². The Morgan fingerprint density at radius 1 is 1.24 bits per heavy atom. The summed E-state index contributed by atoms with van der Waals surface area (Å²) in [5.41, 5.74) is 2.89. The van der Waals surface area contributed by atoms with Crippen molar-refractivity contribution in [3.63, 3.8) is 0 Å². The first kappa shape index (κ1) is 14.5. The van der Waals surface area contributed by atoms with Crippen LogP contribution in [-0.2, 0) is 0 Å². The standard InChI is InChI=1S/C17H16ClNOS/c1-12-5-2-3-8-15(12)16(20)19-9-10-21-17(19)13-6-4-7-14(18)11-13/h2-8,11,17H,9-10H2,1H3/t17-/m1/s1. The van der Waals surface area contributed by atoms with Gasteiger partial charge in [-0.1, -0.05) is 41.9 Å². The van der Waals surface area contributed by atoms with E-state index in [0.717, 1.165) is 29.0 Å². The largest absolute Gasteiger partial charge is 0.322 e. The van der Waals surface area contributed by atoms with Crippen LogP contribution in [0.3, 0.4) is 0 Å². The van der Waals surface area contributed by atoms with E-state index in [2.05, 4.69) is 0 Å². The van der Waals surface area contributed by atoms with Crippen molar-refractivity contribution in [2.45, 2.75) is 12.3 Å². The summed E-state index contributed by atoms with van der Waals surface area (Å²) >= 11 is 7.87. The Hall–Kier alpha value is -1.45. The Kier molecular flexibility index (Phi) is 4.22. The minimum Gasteiger partial charge on any atom is -0.322 e. The topological polar surface area (TPSA) is 20.3 Å². The third-order valence-electron chi connectivity index (χ3n) is 3.66. The highest BCUT2D eigenvalue weighted by Gasteiger charge is 2.31. The highest BCUT2D eigenvalue weighted by molar-refractivity contribution is 7.99. The van der Waals surface area contributed by atoms with Crippen LogP contribution >= 0.6 is 23.4 Å². The van der Waals surface area contributed by atoms with Crippen LogP contribution in [-0.4, -0.2) is 23.1 Å². The Morgan fingerprint density at radius 3 is 2.81 bits per heavy atom. The maximum absolute atomic E-state index is 12.8. The van der Waals surface area contributed by atoms with E-state index in [1.807, 2.05) is 60.4 Å². The van der Waals surface area contributed by atoms with Crippen LogP contribution in [0, 0.1) is 6.92 Å². The van der Waals surface area contributed by atoms with E-state index in [-0.39, 0.29) is 11.3 Å². The highest BCUT2D eigenvalue weighted by Crippen LogP contribution is 2.39. The van der Waals surface area contributed by atoms with Gasteiger partial charge >= 0.3 is 0 Å². The molecule has 1 amide bonds. The summed E-state index contributed by atoms with van der Waals surface area (Å²) < 4.78 is 0. The van der Waals surface area contributed by atoms with Crippen molar-refractivity contribution in [3.05, 3.63) is 70.2 Å². The first-order valence-electron chi connectivity index (χ1n) is 6.90. The van der Waals surface area contributed by atoms with Crippen molar-refractivity contribution >= 4 is 29.3 Å². The fraction of sp³-hybridized carbons (Fsp3) is 0.235. The van der Waals surface area contributed by atoms with E-state index in [0.29, 0.717) is 5.02 Å². The SMILES string of the molecule is Cc1ccccc1C(=O)N1CCS[C@@H]1c1cccc(Cl)c1. The van der Waals surface area contributed by atoms with E-state index in [4.69, 9.17) is 11.6 Å². The number of amides is 1. The van der Waals surface area contributed by atoms with Crippen molar-refractivity contribution in [3.8, 4) is 0 Å². The normalized spacial score (nSPS) is 18.0. The second kappa shape index (κ2) is 6.12. The monoisotopic (exact) mass is 317 g/mol. The summed E-state index contributed by atoms with van der Waals surface area (Å²) in [6, 6.07) is 15.5. The third-order valence-corrected chi connectivity index (χ3v) is 5.16. The Bertz CT molecular complexity index is 673. The number of thioether (sulfide) groups is 1. The van der Waals surface area contributed by atoms with Crippen LogP contribution in [0.2, 0.25) is 5.02 Å². The van der Waals surface area contributed by atoms with Crippen LogP contribution < -0.4 is 0 Å². The molecule has 0 aliphatic carbocycles. The van der Waals surface area contributed by atoms with Crippen LogP contribution in [0.5, 0.6) is 0 Å². The lowest BCUT2D eigenvalue weighted by Gasteiger charge is -2.25. The second-order valence-corrected chi connectivity index (χ2v) is 6.72. The lowest BCUT2D eigenvalue weighted by atomic mass is 10.1. The number of nitrogens with zero attached hydrogens (tertiary/aromatic N) is 1. The second-order valence-electron chi connectivity index (χ2n) is 5.09. The molecule has 1 aliphatic rings. The molecule has 0 spiro atoms. The zero-order chi connectivity index (χ0) is 14.8. The predicted molar refractivity (Wildman–Crippen MR) is 88.9 cm³/mol. The molecule has 108 valence electrons. The molecule has 2 aromatic carbocycles. The molecule has 1 aliphatic heterocycles. The number of hydrogen-bond acceptors (Lipinski definition) is 2. The molecule has 2 aromatic rings. The number of halogens is 1. The molecule has 4 heteroatoms. The van der Waals surface area contributed by atoms with Crippen LogP contribution in [0.25, 0.3) is 0 Å². The quantitative estimate of drug-likeness (QED) is 0.810. The molecule has 3 rings (SSSR count). The van der Waals surface area contributed by atoms with Crippen molar-refractivity contribution in [2.75, 3.05) is 12.3 Å². The van der Waals surface area contributed by atoms with Gasteiger partial charge in [-0.3, -0.25) is 4.79 Å². The molecule has 0 aromatic heterocycles. The van der Waals surface area contributed by atoms with Gasteiger partial charge in [0.05, 0.1) is 0 Å². The number of aryl methyl sites for hydroxylation is 1. The zero-order valence-electron chi connectivity index (χ0n) is 11.8. The van der Waals surface area contributed by atoms with Gasteiger partial charge in [-0.15, -0.1) is 11.8 Å². The van der Waals surface area contributed by atoms with Gasteiger partial charge in [0.2, 0.25) is 0 Å². The summed E-state index contributed by atoms with van der Waals surface area (Å²) in [6.45, 7) is 2.75. The first-order chi connectivity index (χ1) is 10.2. The van der Waals surface area contributed by atoms with E-state index < -0.39 is 0 Å². The molecule has 1 heterocycles. The maximum Gasteiger partial charge on any atom is 0.255 e. The Balaban J connectivity index is 1.91. The Morgan fingerprint density at radius 2 is 2.05 bits per heavy atom. The first-order valence-corrected chi connectivity index (χ1v) is 8.33. The van der Waals surface area contributed by atoms with Crippen molar-refractivity contribution < 1.29 is 4.79 Å². The molecule has 1 saturated heterocycles. The number of rotatable bonds is 2. The summed E-state index contributed by atoms with van der Waals surface area (Å²) in [4.78, 5) is 14.8. The summed E-state index contributed by atoms with van der Waals surface area (Å²) in [7, 11) is 0. The molecule has 0 bridgehead atoms.